The summed E-state index contributed by atoms with van der Waals surface area (Å²) < 4.78 is 2.08. The lowest BCUT2D eigenvalue weighted by atomic mass is 10.3. The van der Waals surface area contributed by atoms with E-state index in [2.05, 4.69) is 48.5 Å². The van der Waals surface area contributed by atoms with Crippen LogP contribution in [-0.4, -0.2) is 9.97 Å². The van der Waals surface area contributed by atoms with Gasteiger partial charge in [-0.05, 0) is 50.7 Å². The molecule has 2 aromatic rings. The third-order valence-corrected chi connectivity index (χ3v) is 2.75. The van der Waals surface area contributed by atoms with E-state index in [9.17, 15) is 0 Å². The summed E-state index contributed by atoms with van der Waals surface area (Å²) >= 11 is 5.62. The summed E-state index contributed by atoms with van der Waals surface area (Å²) in [6.45, 7) is 0. The molecule has 2 rings (SSSR count). The number of rotatable bonds is 0. The molecule has 0 atom stereocenters. The molecule has 1 N–H and O–H groups in total. The fourth-order valence-corrected chi connectivity index (χ4v) is 2.53. The lowest BCUT2D eigenvalue weighted by Gasteiger charge is -1.93. The van der Waals surface area contributed by atoms with E-state index in [0.29, 0.717) is 0 Å². The predicted molar refractivity (Wildman–Crippen MR) is 56.5 cm³/mol. The molecule has 11 heavy (non-hydrogen) atoms. The van der Waals surface area contributed by atoms with Gasteiger partial charge in [0.2, 0.25) is 0 Å². The van der Waals surface area contributed by atoms with Crippen molar-refractivity contribution in [2.45, 2.75) is 0 Å². The molecule has 0 saturated heterocycles. The van der Waals surface area contributed by atoms with Crippen molar-refractivity contribution in [2.75, 3.05) is 0 Å². The maximum atomic E-state index is 4.25. The molecule has 2 aromatic heterocycles. The Bertz CT molecular complexity index is 396. The van der Waals surface area contributed by atoms with Gasteiger partial charge in [0.15, 0.2) is 0 Å². The Labute approximate surface area is 85.7 Å². The highest BCUT2D eigenvalue weighted by Crippen LogP contribution is 2.21. The predicted octanol–water partition coefficient (Wildman–Crippen LogP) is 2.93. The van der Waals surface area contributed by atoms with Crippen LogP contribution in [0.4, 0.5) is 0 Å². The van der Waals surface area contributed by atoms with E-state index >= 15 is 0 Å². The molecule has 56 valence electrons. The zero-order valence-electron chi connectivity index (χ0n) is 5.44. The molecule has 2 nitrogen and oxygen atoms in total. The largest absolute Gasteiger partial charge is 0.346 e. The SMILES string of the molecule is Brc1cc(I)c2cc[nH]c2n1. The number of hydrogen-bond donors (Lipinski definition) is 1. The summed E-state index contributed by atoms with van der Waals surface area (Å²) in [6, 6.07) is 4.02. The van der Waals surface area contributed by atoms with Crippen molar-refractivity contribution in [1.82, 2.24) is 9.97 Å². The van der Waals surface area contributed by atoms with E-state index < -0.39 is 0 Å². The van der Waals surface area contributed by atoms with E-state index in [1.807, 2.05) is 18.3 Å². The van der Waals surface area contributed by atoms with Gasteiger partial charge < -0.3 is 4.98 Å². The molecule has 0 aliphatic rings. The van der Waals surface area contributed by atoms with E-state index in [-0.39, 0.29) is 0 Å². The molecule has 0 saturated carbocycles. The van der Waals surface area contributed by atoms with Crippen LogP contribution in [0.25, 0.3) is 11.0 Å². The van der Waals surface area contributed by atoms with Crippen LogP contribution in [0.5, 0.6) is 0 Å². The Balaban J connectivity index is 2.91. The molecule has 0 aromatic carbocycles. The van der Waals surface area contributed by atoms with Crippen molar-refractivity contribution in [1.29, 1.82) is 0 Å². The zero-order valence-corrected chi connectivity index (χ0v) is 9.18. The second-order valence-corrected chi connectivity index (χ2v) is 4.14. The van der Waals surface area contributed by atoms with Gasteiger partial charge in [-0.25, -0.2) is 4.98 Å². The molecule has 0 amide bonds. The number of aromatic amines is 1. The molecule has 0 unspecified atom stereocenters. The zero-order chi connectivity index (χ0) is 7.84. The van der Waals surface area contributed by atoms with Gasteiger partial charge in [0.05, 0.1) is 0 Å². The second kappa shape index (κ2) is 2.75. The fourth-order valence-electron chi connectivity index (χ4n) is 0.967. The van der Waals surface area contributed by atoms with Crippen LogP contribution in [0.2, 0.25) is 0 Å². The van der Waals surface area contributed by atoms with Gasteiger partial charge >= 0.3 is 0 Å². The number of halogens is 2. The number of pyridine rings is 1. The van der Waals surface area contributed by atoms with Crippen LogP contribution in [0, 0.1) is 3.57 Å². The minimum atomic E-state index is 0.872. The van der Waals surface area contributed by atoms with Crippen molar-refractivity contribution in [2.24, 2.45) is 0 Å². The van der Waals surface area contributed by atoms with Crippen LogP contribution in [0.3, 0.4) is 0 Å². The summed E-state index contributed by atoms with van der Waals surface area (Å²) in [7, 11) is 0. The van der Waals surface area contributed by atoms with E-state index in [0.717, 1.165) is 10.3 Å². The topological polar surface area (TPSA) is 28.7 Å². The maximum Gasteiger partial charge on any atom is 0.139 e. The highest BCUT2D eigenvalue weighted by atomic mass is 127. The minimum absolute atomic E-state index is 0.872. The number of aromatic nitrogens is 2. The molecule has 0 spiro atoms. The Morgan fingerprint density at radius 1 is 1.55 bits per heavy atom. The van der Waals surface area contributed by atoms with Crippen LogP contribution in [-0.2, 0) is 0 Å². The first-order valence-electron chi connectivity index (χ1n) is 3.06. The quantitative estimate of drug-likeness (QED) is 0.586. The molecular formula is C7H4BrIN2. The molecule has 0 aliphatic carbocycles. The van der Waals surface area contributed by atoms with Gasteiger partial charge in [-0.15, -0.1) is 0 Å². The van der Waals surface area contributed by atoms with Gasteiger partial charge in [-0.3, -0.25) is 0 Å². The van der Waals surface area contributed by atoms with Gasteiger partial charge in [0.25, 0.3) is 0 Å². The third-order valence-electron chi connectivity index (χ3n) is 1.45. The van der Waals surface area contributed by atoms with E-state index in [1.165, 1.54) is 8.96 Å². The molecule has 4 heteroatoms. The number of hydrogen-bond acceptors (Lipinski definition) is 1. The first-order chi connectivity index (χ1) is 5.27. The lowest BCUT2D eigenvalue weighted by Crippen LogP contribution is -1.80. The monoisotopic (exact) mass is 322 g/mol. The highest BCUT2D eigenvalue weighted by molar-refractivity contribution is 14.1. The lowest BCUT2D eigenvalue weighted by molar-refractivity contribution is 1.28. The van der Waals surface area contributed by atoms with Gasteiger partial charge in [0.1, 0.15) is 10.3 Å². The van der Waals surface area contributed by atoms with Crippen molar-refractivity contribution in [3.05, 3.63) is 26.5 Å². The van der Waals surface area contributed by atoms with Gasteiger partial charge in [0, 0.05) is 15.2 Å². The number of fused-ring (bicyclic) bond motifs is 1. The van der Waals surface area contributed by atoms with Crippen molar-refractivity contribution in [3.63, 3.8) is 0 Å². The van der Waals surface area contributed by atoms with Crippen molar-refractivity contribution in [3.8, 4) is 0 Å². The van der Waals surface area contributed by atoms with Gasteiger partial charge in [-0.1, -0.05) is 0 Å². The molecule has 0 radical (unpaired) electrons. The maximum absolute atomic E-state index is 4.25. The molecule has 0 aliphatic heterocycles. The third kappa shape index (κ3) is 1.29. The first-order valence-corrected chi connectivity index (χ1v) is 4.93. The van der Waals surface area contributed by atoms with Crippen LogP contribution >= 0.6 is 38.5 Å². The average molecular weight is 323 g/mol. The fraction of sp³-hybridized carbons (Fsp3) is 0. The summed E-state index contributed by atoms with van der Waals surface area (Å²) in [5.41, 5.74) is 0.934. The normalized spacial score (nSPS) is 10.7. The summed E-state index contributed by atoms with van der Waals surface area (Å²) in [5, 5.41) is 1.17. The minimum Gasteiger partial charge on any atom is -0.346 e. The smallest absolute Gasteiger partial charge is 0.139 e. The van der Waals surface area contributed by atoms with Crippen LogP contribution in [0.15, 0.2) is 22.9 Å². The van der Waals surface area contributed by atoms with E-state index in [4.69, 9.17) is 0 Å². The number of nitrogens with one attached hydrogen (secondary N) is 1. The number of nitrogens with zero attached hydrogens (tertiary/aromatic N) is 1. The molecule has 2 heterocycles. The van der Waals surface area contributed by atoms with Gasteiger partial charge in [-0.2, -0.15) is 0 Å². The van der Waals surface area contributed by atoms with Crippen LogP contribution < -0.4 is 0 Å². The summed E-state index contributed by atoms with van der Waals surface area (Å²) in [6.07, 6.45) is 1.90. The Hall–Kier alpha value is -0.100. The molecular weight excluding hydrogens is 319 g/mol. The summed E-state index contributed by atoms with van der Waals surface area (Å²) in [4.78, 5) is 7.31. The Morgan fingerprint density at radius 3 is 3.18 bits per heavy atom. The first kappa shape index (κ1) is 7.54. The van der Waals surface area contributed by atoms with Crippen LogP contribution in [0.1, 0.15) is 0 Å². The van der Waals surface area contributed by atoms with E-state index in [1.54, 1.807) is 0 Å². The highest BCUT2D eigenvalue weighted by Gasteiger charge is 2.01. The molecule has 0 bridgehead atoms. The molecule has 0 fully saturated rings. The Morgan fingerprint density at radius 2 is 2.36 bits per heavy atom. The average Bonchev–Trinajstić information content (AvgIpc) is 2.34. The van der Waals surface area contributed by atoms with Crippen molar-refractivity contribution < 1.29 is 0 Å². The van der Waals surface area contributed by atoms with Crippen molar-refractivity contribution >= 4 is 49.6 Å². The standard InChI is InChI=1S/C7H4BrIN2/c8-6-3-5(9)4-1-2-10-7(4)11-6/h1-3H,(H,10,11). The second-order valence-electron chi connectivity index (χ2n) is 2.17. The Kier molecular flexibility index (Phi) is 1.88. The number of H-pyrrole nitrogens is 1. The summed E-state index contributed by atoms with van der Waals surface area (Å²) in [5.74, 6) is 0.